The Morgan fingerprint density at radius 3 is 2.38 bits per heavy atom. The number of para-hydroxylation sites is 1. The zero-order valence-electron chi connectivity index (χ0n) is 22.8. The molecule has 0 spiro atoms. The minimum atomic E-state index is -0.833. The van der Waals surface area contributed by atoms with Gasteiger partial charge in [0.05, 0.1) is 18.0 Å². The molecule has 1 saturated heterocycles. The van der Waals surface area contributed by atoms with Crippen molar-refractivity contribution in [3.8, 4) is 22.8 Å². The van der Waals surface area contributed by atoms with Crippen molar-refractivity contribution in [3.05, 3.63) is 60.9 Å². The molecule has 4 N–H and O–H groups in total. The van der Waals surface area contributed by atoms with Crippen LogP contribution < -0.4 is 15.8 Å². The average molecular weight is 547 g/mol. The average Bonchev–Trinajstić information content (AvgIpc) is 3.27. The molecule has 1 amide bonds. The number of likely N-dealkylation sites (tertiary alicyclic amines) is 1. The quantitative estimate of drug-likeness (QED) is 0.267. The van der Waals surface area contributed by atoms with E-state index in [9.17, 15) is 4.79 Å². The Labute approximate surface area is 232 Å². The molecule has 3 heterocycles. The van der Waals surface area contributed by atoms with E-state index < -0.39 is 5.97 Å². The standard InChI is InChI=1S/C26H30N8O2.C2H4O2/c1-32(2)13-12-28-14-22(35)33-15-19(16-33)34-26-23(25(27)29-17-30-26)24(31-34)18-8-10-21(11-9-18)36-20-6-4-3-5-7-20;1-2(3)4/h3-11,17,19,28H,12-16H2,1-2H3,(H2,27,29,30);1H3,(H,3,4). The lowest BCUT2D eigenvalue weighted by molar-refractivity contribution is -0.136. The van der Waals surface area contributed by atoms with Crippen molar-refractivity contribution in [2.45, 2.75) is 13.0 Å². The van der Waals surface area contributed by atoms with E-state index in [4.69, 9.17) is 25.5 Å². The lowest BCUT2D eigenvalue weighted by Crippen LogP contribution is -2.53. The first-order valence-corrected chi connectivity index (χ1v) is 12.9. The van der Waals surface area contributed by atoms with Crippen molar-refractivity contribution in [1.82, 2.24) is 34.9 Å². The van der Waals surface area contributed by atoms with Gasteiger partial charge in [0.1, 0.15) is 29.3 Å². The van der Waals surface area contributed by atoms with Crippen LogP contribution in [0.4, 0.5) is 5.82 Å². The maximum atomic E-state index is 12.5. The van der Waals surface area contributed by atoms with Gasteiger partial charge < -0.3 is 30.7 Å². The van der Waals surface area contributed by atoms with E-state index in [0.29, 0.717) is 42.2 Å². The van der Waals surface area contributed by atoms with E-state index >= 15 is 0 Å². The molecule has 0 bridgehead atoms. The van der Waals surface area contributed by atoms with Crippen LogP contribution in [0.5, 0.6) is 11.5 Å². The second kappa shape index (κ2) is 13.0. The highest BCUT2D eigenvalue weighted by Crippen LogP contribution is 2.34. The highest BCUT2D eigenvalue weighted by Gasteiger charge is 2.34. The van der Waals surface area contributed by atoms with Gasteiger partial charge in [0.2, 0.25) is 5.91 Å². The fourth-order valence-corrected chi connectivity index (χ4v) is 4.18. The van der Waals surface area contributed by atoms with Gasteiger partial charge in [-0.1, -0.05) is 18.2 Å². The molecule has 0 atom stereocenters. The van der Waals surface area contributed by atoms with Crippen molar-refractivity contribution in [1.29, 1.82) is 0 Å². The van der Waals surface area contributed by atoms with Crippen LogP contribution in [0, 0.1) is 0 Å². The number of rotatable bonds is 9. The van der Waals surface area contributed by atoms with Crippen molar-refractivity contribution < 1.29 is 19.4 Å². The number of nitrogen functional groups attached to an aromatic ring is 1. The predicted molar refractivity (Wildman–Crippen MR) is 152 cm³/mol. The maximum absolute atomic E-state index is 12.5. The van der Waals surface area contributed by atoms with Gasteiger partial charge in [0, 0.05) is 38.7 Å². The topological polar surface area (TPSA) is 152 Å². The molecule has 1 aliphatic heterocycles. The Bertz CT molecular complexity index is 1430. The monoisotopic (exact) mass is 546 g/mol. The van der Waals surface area contributed by atoms with Crippen LogP contribution in [0.15, 0.2) is 60.9 Å². The molecular weight excluding hydrogens is 512 g/mol. The summed E-state index contributed by atoms with van der Waals surface area (Å²) in [6.45, 7) is 4.24. The number of aliphatic carboxylic acids is 1. The number of amides is 1. The lowest BCUT2D eigenvalue weighted by Gasteiger charge is -2.39. The number of carboxylic acid groups (broad SMARTS) is 1. The third-order valence-electron chi connectivity index (χ3n) is 6.20. The predicted octanol–water partition coefficient (Wildman–Crippen LogP) is 2.49. The molecule has 2 aromatic heterocycles. The Kier molecular flexibility index (Phi) is 9.25. The Morgan fingerprint density at radius 1 is 1.07 bits per heavy atom. The fourth-order valence-electron chi connectivity index (χ4n) is 4.18. The maximum Gasteiger partial charge on any atom is 0.300 e. The van der Waals surface area contributed by atoms with Crippen LogP contribution >= 0.6 is 0 Å². The number of ether oxygens (including phenoxy) is 1. The number of carboxylic acids is 1. The fraction of sp³-hybridized carbons (Fsp3) is 0.321. The molecule has 0 saturated carbocycles. The summed E-state index contributed by atoms with van der Waals surface area (Å²) in [5.41, 5.74) is 8.53. The first kappa shape index (κ1) is 28.5. The molecule has 12 nitrogen and oxygen atoms in total. The molecule has 0 aliphatic carbocycles. The van der Waals surface area contributed by atoms with Crippen LogP contribution in [0.1, 0.15) is 13.0 Å². The molecular formula is C28H34N8O4. The number of hydrogen-bond donors (Lipinski definition) is 3. The van der Waals surface area contributed by atoms with E-state index in [1.807, 2.05) is 78.3 Å². The van der Waals surface area contributed by atoms with Gasteiger partial charge in [-0.3, -0.25) is 9.59 Å². The van der Waals surface area contributed by atoms with E-state index in [1.165, 1.54) is 6.33 Å². The van der Waals surface area contributed by atoms with Crippen molar-refractivity contribution in [2.75, 3.05) is 52.6 Å². The van der Waals surface area contributed by atoms with Crippen LogP contribution in [-0.4, -0.2) is 93.4 Å². The number of carbonyl (C=O) groups is 2. The number of benzene rings is 2. The van der Waals surface area contributed by atoms with Gasteiger partial charge in [-0.05, 0) is 50.5 Å². The molecule has 0 radical (unpaired) electrons. The zero-order valence-corrected chi connectivity index (χ0v) is 22.8. The summed E-state index contributed by atoms with van der Waals surface area (Å²) in [5, 5.41) is 16.2. The second-order valence-corrected chi connectivity index (χ2v) is 9.64. The smallest absolute Gasteiger partial charge is 0.300 e. The van der Waals surface area contributed by atoms with Crippen molar-refractivity contribution in [3.63, 3.8) is 0 Å². The molecule has 5 rings (SSSR count). The molecule has 0 unspecified atom stereocenters. The summed E-state index contributed by atoms with van der Waals surface area (Å²) in [4.78, 5) is 34.1. The number of anilines is 1. The van der Waals surface area contributed by atoms with E-state index in [0.717, 1.165) is 37.1 Å². The van der Waals surface area contributed by atoms with Crippen molar-refractivity contribution in [2.24, 2.45) is 0 Å². The van der Waals surface area contributed by atoms with E-state index in [1.54, 1.807) is 0 Å². The van der Waals surface area contributed by atoms with Gasteiger partial charge in [0.25, 0.3) is 5.97 Å². The summed E-state index contributed by atoms with van der Waals surface area (Å²) in [6, 6.07) is 17.4. The summed E-state index contributed by atoms with van der Waals surface area (Å²) in [6.07, 6.45) is 1.45. The number of nitrogens with two attached hydrogens (primary N) is 1. The summed E-state index contributed by atoms with van der Waals surface area (Å²) in [7, 11) is 4.02. The SMILES string of the molecule is CC(=O)O.CN(C)CCNCC(=O)N1CC(n2nc(-c3ccc(Oc4ccccc4)cc3)c3c(N)ncnc32)C1. The second-order valence-electron chi connectivity index (χ2n) is 9.64. The molecule has 210 valence electrons. The number of carbonyl (C=O) groups excluding carboxylic acids is 1. The summed E-state index contributed by atoms with van der Waals surface area (Å²) in [5.74, 6) is 1.13. The number of likely N-dealkylation sites (N-methyl/N-ethyl adjacent to an activating group) is 1. The largest absolute Gasteiger partial charge is 0.481 e. The number of fused-ring (bicyclic) bond motifs is 1. The van der Waals surface area contributed by atoms with Crippen LogP contribution in [-0.2, 0) is 9.59 Å². The Balaban J connectivity index is 0.000000867. The highest BCUT2D eigenvalue weighted by molar-refractivity contribution is 5.98. The summed E-state index contributed by atoms with van der Waals surface area (Å²) < 4.78 is 7.79. The van der Waals surface area contributed by atoms with Gasteiger partial charge in [-0.25, -0.2) is 14.6 Å². The molecule has 40 heavy (non-hydrogen) atoms. The highest BCUT2D eigenvalue weighted by atomic mass is 16.5. The molecule has 1 fully saturated rings. The zero-order chi connectivity index (χ0) is 28.6. The molecule has 12 heteroatoms. The first-order chi connectivity index (χ1) is 19.2. The van der Waals surface area contributed by atoms with Crippen molar-refractivity contribution >= 4 is 28.7 Å². The lowest BCUT2D eigenvalue weighted by atomic mass is 10.1. The van der Waals surface area contributed by atoms with Gasteiger partial charge >= 0.3 is 0 Å². The van der Waals surface area contributed by atoms with E-state index in [-0.39, 0.29) is 11.9 Å². The first-order valence-electron chi connectivity index (χ1n) is 12.9. The van der Waals surface area contributed by atoms with Gasteiger partial charge in [-0.2, -0.15) is 5.10 Å². The minimum Gasteiger partial charge on any atom is -0.481 e. The van der Waals surface area contributed by atoms with Crippen LogP contribution in [0.25, 0.3) is 22.3 Å². The summed E-state index contributed by atoms with van der Waals surface area (Å²) >= 11 is 0. The van der Waals surface area contributed by atoms with Crippen LogP contribution in [0.3, 0.4) is 0 Å². The molecule has 1 aliphatic rings. The van der Waals surface area contributed by atoms with Gasteiger partial charge in [-0.15, -0.1) is 0 Å². The third kappa shape index (κ3) is 7.10. The number of nitrogens with one attached hydrogen (secondary N) is 1. The third-order valence-corrected chi connectivity index (χ3v) is 6.20. The number of nitrogens with zero attached hydrogens (tertiary/aromatic N) is 6. The number of aromatic nitrogens is 4. The number of hydrogen-bond acceptors (Lipinski definition) is 9. The molecule has 4 aromatic rings. The Hall–Kier alpha value is -4.55. The van der Waals surface area contributed by atoms with E-state index in [2.05, 4.69) is 20.2 Å². The Morgan fingerprint density at radius 2 is 1.73 bits per heavy atom. The molecule has 2 aromatic carbocycles. The normalized spacial score (nSPS) is 13.1. The minimum absolute atomic E-state index is 0.0296. The van der Waals surface area contributed by atoms with Crippen LogP contribution in [0.2, 0.25) is 0 Å². The van der Waals surface area contributed by atoms with Gasteiger partial charge in [0.15, 0.2) is 5.65 Å².